The second-order valence-electron chi connectivity index (χ2n) is 6.54. The Kier molecular flexibility index (Phi) is 10.7. The molecule has 0 aromatic rings. The fourth-order valence-corrected chi connectivity index (χ4v) is 2.71. The highest BCUT2D eigenvalue weighted by Gasteiger charge is 2.27. The van der Waals surface area contributed by atoms with Crippen molar-refractivity contribution in [3.05, 3.63) is 0 Å². The average molecular weight is 297 g/mol. The van der Waals surface area contributed by atoms with E-state index < -0.39 is 0 Å². The summed E-state index contributed by atoms with van der Waals surface area (Å²) in [5, 5.41) is 13.0. The van der Waals surface area contributed by atoms with E-state index in [1.54, 1.807) is 0 Å². The molecule has 0 aliphatic heterocycles. The Morgan fingerprint density at radius 2 is 1.71 bits per heavy atom. The molecule has 4 nitrogen and oxygen atoms in total. The van der Waals surface area contributed by atoms with Gasteiger partial charge in [-0.3, -0.25) is 5.32 Å². The average Bonchev–Trinajstić information content (AvgIpc) is 2.43. The van der Waals surface area contributed by atoms with Gasteiger partial charge >= 0.3 is 0 Å². The third-order valence-electron chi connectivity index (χ3n) is 3.99. The summed E-state index contributed by atoms with van der Waals surface area (Å²) >= 11 is 0. The zero-order valence-electron chi connectivity index (χ0n) is 15.1. The first-order valence-corrected chi connectivity index (χ1v) is 8.45. The van der Waals surface area contributed by atoms with Gasteiger partial charge in [0.05, 0.1) is 6.07 Å². The van der Waals surface area contributed by atoms with E-state index in [1.807, 2.05) is 0 Å². The van der Waals surface area contributed by atoms with Crippen molar-refractivity contribution in [2.24, 2.45) is 0 Å². The maximum atomic E-state index is 9.52. The molecule has 1 atom stereocenters. The summed E-state index contributed by atoms with van der Waals surface area (Å²) in [7, 11) is 4.24. The summed E-state index contributed by atoms with van der Waals surface area (Å²) in [4.78, 5) is 4.73. The Hall–Kier alpha value is -0.630. The lowest BCUT2D eigenvalue weighted by atomic mass is 9.91. The number of nitrogens with one attached hydrogen (secondary N) is 1. The van der Waals surface area contributed by atoms with Crippen molar-refractivity contribution in [3.63, 3.8) is 0 Å². The van der Waals surface area contributed by atoms with E-state index in [9.17, 15) is 5.26 Å². The summed E-state index contributed by atoms with van der Waals surface area (Å²) < 4.78 is 0. The maximum absolute atomic E-state index is 9.52. The van der Waals surface area contributed by atoms with Crippen LogP contribution in [0.4, 0.5) is 0 Å². The Morgan fingerprint density at radius 3 is 2.14 bits per heavy atom. The molecule has 0 heterocycles. The number of hydrogen-bond acceptors (Lipinski definition) is 4. The Labute approximate surface area is 132 Å². The van der Waals surface area contributed by atoms with Crippen LogP contribution in [0.2, 0.25) is 0 Å². The monoisotopic (exact) mass is 296 g/mol. The Balaban J connectivity index is 4.19. The van der Waals surface area contributed by atoms with Gasteiger partial charge in [0.2, 0.25) is 0 Å². The second-order valence-corrected chi connectivity index (χ2v) is 6.54. The van der Waals surface area contributed by atoms with E-state index in [-0.39, 0.29) is 5.54 Å². The lowest BCUT2D eigenvalue weighted by Crippen LogP contribution is -2.47. The van der Waals surface area contributed by atoms with Gasteiger partial charge in [-0.15, -0.1) is 0 Å². The van der Waals surface area contributed by atoms with Gasteiger partial charge in [0, 0.05) is 6.04 Å². The minimum Gasteiger partial charge on any atom is -0.309 e. The van der Waals surface area contributed by atoms with Gasteiger partial charge in [0.25, 0.3) is 0 Å². The predicted octanol–water partition coefficient (Wildman–Crippen LogP) is 2.71. The largest absolute Gasteiger partial charge is 0.309 e. The van der Waals surface area contributed by atoms with Crippen LogP contribution in [0.1, 0.15) is 53.4 Å². The molecule has 0 aliphatic rings. The molecule has 0 saturated carbocycles. The standard InChI is InChI=1S/C17H36N4/c1-7-17(15-18,19-16(3)4)11-9-13-21(8-2)14-10-12-20(5)6/h16,19H,7-14H2,1-6H3. The minimum atomic E-state index is -0.350. The first-order chi connectivity index (χ1) is 9.89. The topological polar surface area (TPSA) is 42.3 Å². The molecule has 0 saturated heterocycles. The Morgan fingerprint density at radius 1 is 1.10 bits per heavy atom. The van der Waals surface area contributed by atoms with Gasteiger partial charge in [-0.1, -0.05) is 13.8 Å². The molecule has 0 radical (unpaired) electrons. The highest BCUT2D eigenvalue weighted by molar-refractivity contribution is 5.06. The van der Waals surface area contributed by atoms with Crippen LogP contribution in [0, 0.1) is 11.3 Å². The third-order valence-corrected chi connectivity index (χ3v) is 3.99. The molecule has 1 unspecified atom stereocenters. The van der Waals surface area contributed by atoms with E-state index in [0.29, 0.717) is 6.04 Å². The van der Waals surface area contributed by atoms with Crippen LogP contribution in [0.3, 0.4) is 0 Å². The molecule has 0 aromatic carbocycles. The van der Waals surface area contributed by atoms with E-state index >= 15 is 0 Å². The molecule has 0 aromatic heterocycles. The van der Waals surface area contributed by atoms with Crippen molar-refractivity contribution in [1.29, 1.82) is 5.26 Å². The number of hydrogen-bond donors (Lipinski definition) is 1. The van der Waals surface area contributed by atoms with Crippen LogP contribution in [0.25, 0.3) is 0 Å². The first-order valence-electron chi connectivity index (χ1n) is 8.45. The molecule has 124 valence electrons. The van der Waals surface area contributed by atoms with Gasteiger partial charge in [0.15, 0.2) is 0 Å². The smallest absolute Gasteiger partial charge is 0.106 e. The predicted molar refractivity (Wildman–Crippen MR) is 91.4 cm³/mol. The summed E-state index contributed by atoms with van der Waals surface area (Å²) in [6.45, 7) is 13.0. The van der Waals surface area contributed by atoms with Crippen LogP contribution >= 0.6 is 0 Å². The van der Waals surface area contributed by atoms with Crippen molar-refractivity contribution in [2.75, 3.05) is 40.3 Å². The molecular weight excluding hydrogens is 260 g/mol. The van der Waals surface area contributed by atoms with Crippen molar-refractivity contribution in [3.8, 4) is 6.07 Å². The van der Waals surface area contributed by atoms with Crippen molar-refractivity contribution >= 4 is 0 Å². The molecule has 4 heteroatoms. The lowest BCUT2D eigenvalue weighted by molar-refractivity contribution is 0.245. The van der Waals surface area contributed by atoms with Gasteiger partial charge in [0.1, 0.15) is 5.54 Å². The summed E-state index contributed by atoms with van der Waals surface area (Å²) in [6.07, 6.45) is 4.09. The SMILES string of the molecule is CCN(CCCN(C)C)CCCC(C#N)(CC)NC(C)C. The van der Waals surface area contributed by atoms with E-state index in [2.05, 4.69) is 63.0 Å². The summed E-state index contributed by atoms with van der Waals surface area (Å²) in [5.41, 5.74) is -0.350. The van der Waals surface area contributed by atoms with Crippen molar-refractivity contribution < 1.29 is 0 Å². The molecule has 0 aliphatic carbocycles. The third kappa shape index (κ3) is 9.08. The molecule has 1 N–H and O–H groups in total. The first kappa shape index (κ1) is 20.4. The number of nitriles is 1. The molecule has 0 amide bonds. The Bertz CT molecular complexity index is 296. The fourth-order valence-electron chi connectivity index (χ4n) is 2.71. The van der Waals surface area contributed by atoms with E-state index in [0.717, 1.165) is 45.4 Å². The normalized spacial score (nSPS) is 14.7. The zero-order chi connectivity index (χ0) is 16.3. The summed E-state index contributed by atoms with van der Waals surface area (Å²) in [5.74, 6) is 0. The van der Waals surface area contributed by atoms with Gasteiger partial charge in [-0.25, -0.2) is 0 Å². The van der Waals surface area contributed by atoms with E-state index in [1.165, 1.54) is 6.42 Å². The molecular formula is C17H36N4. The number of nitrogens with zero attached hydrogens (tertiary/aromatic N) is 3. The van der Waals surface area contributed by atoms with E-state index in [4.69, 9.17) is 0 Å². The fraction of sp³-hybridized carbons (Fsp3) is 0.941. The van der Waals surface area contributed by atoms with Gasteiger partial charge in [-0.2, -0.15) is 5.26 Å². The van der Waals surface area contributed by atoms with Crippen LogP contribution in [0.5, 0.6) is 0 Å². The number of rotatable bonds is 12. The second kappa shape index (κ2) is 11.0. The van der Waals surface area contributed by atoms with Gasteiger partial charge < -0.3 is 9.80 Å². The minimum absolute atomic E-state index is 0.350. The molecule has 0 rings (SSSR count). The maximum Gasteiger partial charge on any atom is 0.106 e. The molecule has 0 bridgehead atoms. The highest BCUT2D eigenvalue weighted by atomic mass is 15.1. The van der Waals surface area contributed by atoms with Crippen molar-refractivity contribution in [1.82, 2.24) is 15.1 Å². The van der Waals surface area contributed by atoms with Crippen molar-refractivity contribution in [2.45, 2.75) is 65.0 Å². The van der Waals surface area contributed by atoms with Crippen LogP contribution in [-0.2, 0) is 0 Å². The highest BCUT2D eigenvalue weighted by Crippen LogP contribution is 2.18. The molecule has 21 heavy (non-hydrogen) atoms. The molecule has 0 spiro atoms. The van der Waals surface area contributed by atoms with Crippen LogP contribution < -0.4 is 5.32 Å². The molecule has 0 fully saturated rings. The van der Waals surface area contributed by atoms with Crippen LogP contribution in [-0.4, -0.2) is 61.7 Å². The quantitative estimate of drug-likeness (QED) is 0.601. The van der Waals surface area contributed by atoms with Crippen LogP contribution in [0.15, 0.2) is 0 Å². The zero-order valence-corrected chi connectivity index (χ0v) is 15.1. The summed E-state index contributed by atoms with van der Waals surface area (Å²) in [6, 6.07) is 2.86. The lowest BCUT2D eigenvalue weighted by Gasteiger charge is -2.30. The van der Waals surface area contributed by atoms with Gasteiger partial charge in [-0.05, 0) is 79.8 Å².